The summed E-state index contributed by atoms with van der Waals surface area (Å²) in [5.74, 6) is 1.75. The van der Waals surface area contributed by atoms with E-state index >= 15 is 0 Å². The molecule has 0 bridgehead atoms. The molecule has 3 aromatic rings. The number of hydrogen-bond acceptors (Lipinski definition) is 7. The van der Waals surface area contributed by atoms with Gasteiger partial charge >= 0.3 is 0 Å². The minimum atomic E-state index is 0.170. The van der Waals surface area contributed by atoms with Crippen LogP contribution in [0, 0.1) is 0 Å². The van der Waals surface area contributed by atoms with Crippen molar-refractivity contribution in [1.29, 1.82) is 0 Å². The number of ether oxygens (including phenoxy) is 3. The van der Waals surface area contributed by atoms with Gasteiger partial charge in [0, 0.05) is 16.8 Å². The lowest BCUT2D eigenvalue weighted by Gasteiger charge is -2.14. The first-order valence-electron chi connectivity index (χ1n) is 7.86. The highest BCUT2D eigenvalue weighted by Crippen LogP contribution is 2.41. The molecule has 0 aliphatic carbocycles. The molecule has 0 saturated carbocycles. The Morgan fingerprint density at radius 2 is 1.23 bits per heavy atom. The SMILES string of the molecule is COc1cc(-c2cc(-c3ccc(N)cc3)nc(N)n2)cc(OC)c1OC. The monoisotopic (exact) mass is 352 g/mol. The van der Waals surface area contributed by atoms with Crippen LogP contribution in [0.25, 0.3) is 22.5 Å². The molecule has 0 amide bonds. The van der Waals surface area contributed by atoms with Crippen LogP contribution in [-0.4, -0.2) is 31.3 Å². The minimum Gasteiger partial charge on any atom is -0.493 e. The van der Waals surface area contributed by atoms with E-state index in [9.17, 15) is 0 Å². The van der Waals surface area contributed by atoms with Crippen molar-refractivity contribution in [1.82, 2.24) is 9.97 Å². The van der Waals surface area contributed by atoms with Gasteiger partial charge in [0.1, 0.15) is 0 Å². The van der Waals surface area contributed by atoms with Crippen LogP contribution < -0.4 is 25.7 Å². The highest BCUT2D eigenvalue weighted by atomic mass is 16.5. The van der Waals surface area contributed by atoms with E-state index in [0.29, 0.717) is 34.3 Å². The first kappa shape index (κ1) is 17.3. The second kappa shape index (κ2) is 7.18. The van der Waals surface area contributed by atoms with Gasteiger partial charge in [-0.15, -0.1) is 0 Å². The molecule has 0 spiro atoms. The van der Waals surface area contributed by atoms with Crippen molar-refractivity contribution in [2.45, 2.75) is 0 Å². The molecule has 7 nitrogen and oxygen atoms in total. The summed E-state index contributed by atoms with van der Waals surface area (Å²) < 4.78 is 16.2. The van der Waals surface area contributed by atoms with E-state index in [1.165, 1.54) is 0 Å². The van der Waals surface area contributed by atoms with Crippen molar-refractivity contribution >= 4 is 11.6 Å². The molecule has 0 radical (unpaired) electrons. The van der Waals surface area contributed by atoms with Crippen LogP contribution in [0.1, 0.15) is 0 Å². The van der Waals surface area contributed by atoms with Crippen LogP contribution in [-0.2, 0) is 0 Å². The second-order valence-corrected chi connectivity index (χ2v) is 5.53. The number of methoxy groups -OCH3 is 3. The Labute approximate surface area is 151 Å². The lowest BCUT2D eigenvalue weighted by Crippen LogP contribution is -2.00. The molecule has 0 fully saturated rings. The van der Waals surface area contributed by atoms with Crippen molar-refractivity contribution in [2.75, 3.05) is 32.8 Å². The van der Waals surface area contributed by atoms with Crippen LogP contribution in [0.2, 0.25) is 0 Å². The number of nitrogen functional groups attached to an aromatic ring is 2. The summed E-state index contributed by atoms with van der Waals surface area (Å²) in [6.45, 7) is 0. The zero-order valence-electron chi connectivity index (χ0n) is 14.8. The van der Waals surface area contributed by atoms with Crippen LogP contribution in [0.4, 0.5) is 11.6 Å². The Morgan fingerprint density at radius 1 is 0.692 bits per heavy atom. The molecule has 26 heavy (non-hydrogen) atoms. The summed E-state index contributed by atoms with van der Waals surface area (Å²) in [6.07, 6.45) is 0. The van der Waals surface area contributed by atoms with Gasteiger partial charge in [0.2, 0.25) is 11.7 Å². The fourth-order valence-corrected chi connectivity index (χ4v) is 2.64. The predicted octanol–water partition coefficient (Wildman–Crippen LogP) is 3.00. The molecule has 1 heterocycles. The number of benzene rings is 2. The topological polar surface area (TPSA) is 106 Å². The number of nitrogens with zero attached hydrogens (tertiary/aromatic N) is 2. The van der Waals surface area contributed by atoms with Gasteiger partial charge in [-0.1, -0.05) is 12.1 Å². The largest absolute Gasteiger partial charge is 0.493 e. The van der Waals surface area contributed by atoms with E-state index in [-0.39, 0.29) is 5.95 Å². The van der Waals surface area contributed by atoms with Crippen molar-refractivity contribution < 1.29 is 14.2 Å². The van der Waals surface area contributed by atoms with Crippen LogP contribution >= 0.6 is 0 Å². The third-order valence-electron chi connectivity index (χ3n) is 3.91. The van der Waals surface area contributed by atoms with Crippen molar-refractivity contribution in [3.05, 3.63) is 42.5 Å². The van der Waals surface area contributed by atoms with Crippen molar-refractivity contribution in [2.24, 2.45) is 0 Å². The maximum Gasteiger partial charge on any atom is 0.221 e. The first-order valence-corrected chi connectivity index (χ1v) is 7.86. The number of aromatic nitrogens is 2. The molecule has 1 aromatic heterocycles. The number of hydrogen-bond donors (Lipinski definition) is 2. The summed E-state index contributed by atoms with van der Waals surface area (Å²) in [5.41, 5.74) is 15.4. The molecule has 0 saturated heterocycles. The fraction of sp³-hybridized carbons (Fsp3) is 0.158. The molecule has 3 rings (SSSR count). The number of rotatable bonds is 5. The minimum absolute atomic E-state index is 0.170. The standard InChI is InChI=1S/C19H20N4O3/c1-24-16-8-12(9-17(25-2)18(16)26-3)15-10-14(22-19(21)23-15)11-4-6-13(20)7-5-11/h4-10H,20H2,1-3H3,(H2,21,22,23). The Balaban J connectivity index is 2.14. The van der Waals surface area contributed by atoms with Gasteiger partial charge in [-0.05, 0) is 30.3 Å². The maximum atomic E-state index is 5.93. The lowest BCUT2D eigenvalue weighted by molar-refractivity contribution is 0.324. The van der Waals surface area contributed by atoms with E-state index in [4.69, 9.17) is 25.7 Å². The van der Waals surface area contributed by atoms with Crippen LogP contribution in [0.5, 0.6) is 17.2 Å². The molecule has 7 heteroatoms. The quantitative estimate of drug-likeness (QED) is 0.680. The normalized spacial score (nSPS) is 10.4. The third-order valence-corrected chi connectivity index (χ3v) is 3.91. The van der Waals surface area contributed by atoms with E-state index in [0.717, 1.165) is 11.1 Å². The molecule has 0 aliphatic rings. The van der Waals surface area contributed by atoms with Crippen molar-refractivity contribution in [3.63, 3.8) is 0 Å². The average Bonchev–Trinajstić information content (AvgIpc) is 2.66. The Hall–Kier alpha value is -3.48. The highest BCUT2D eigenvalue weighted by molar-refractivity contribution is 5.73. The average molecular weight is 352 g/mol. The molecular formula is C19H20N4O3. The van der Waals surface area contributed by atoms with E-state index in [1.807, 2.05) is 42.5 Å². The van der Waals surface area contributed by atoms with Gasteiger partial charge in [-0.25, -0.2) is 9.97 Å². The fourth-order valence-electron chi connectivity index (χ4n) is 2.64. The van der Waals surface area contributed by atoms with E-state index < -0.39 is 0 Å². The maximum absolute atomic E-state index is 5.93. The Kier molecular flexibility index (Phi) is 4.79. The highest BCUT2D eigenvalue weighted by Gasteiger charge is 2.16. The number of nitrogens with two attached hydrogens (primary N) is 2. The lowest BCUT2D eigenvalue weighted by atomic mass is 10.1. The van der Waals surface area contributed by atoms with E-state index in [2.05, 4.69) is 9.97 Å². The van der Waals surface area contributed by atoms with E-state index in [1.54, 1.807) is 21.3 Å². The molecule has 0 atom stereocenters. The summed E-state index contributed by atoms with van der Waals surface area (Å²) >= 11 is 0. The van der Waals surface area contributed by atoms with Crippen LogP contribution in [0.15, 0.2) is 42.5 Å². The van der Waals surface area contributed by atoms with Gasteiger partial charge in [-0.3, -0.25) is 0 Å². The summed E-state index contributed by atoms with van der Waals surface area (Å²) in [5, 5.41) is 0. The molecule has 0 unspecified atom stereocenters. The molecule has 2 aromatic carbocycles. The smallest absolute Gasteiger partial charge is 0.221 e. The van der Waals surface area contributed by atoms with Gasteiger partial charge in [0.05, 0.1) is 32.7 Å². The predicted molar refractivity (Wildman–Crippen MR) is 101 cm³/mol. The molecule has 4 N–H and O–H groups in total. The van der Waals surface area contributed by atoms with Crippen molar-refractivity contribution in [3.8, 4) is 39.8 Å². The second-order valence-electron chi connectivity index (χ2n) is 5.53. The zero-order valence-corrected chi connectivity index (χ0v) is 14.8. The van der Waals surface area contributed by atoms with Crippen LogP contribution in [0.3, 0.4) is 0 Å². The molecular weight excluding hydrogens is 332 g/mol. The molecule has 0 aliphatic heterocycles. The van der Waals surface area contributed by atoms with Gasteiger partial charge < -0.3 is 25.7 Å². The molecule has 134 valence electrons. The van der Waals surface area contributed by atoms with Gasteiger partial charge in [-0.2, -0.15) is 0 Å². The summed E-state index contributed by atoms with van der Waals surface area (Å²) in [6, 6.07) is 12.9. The third kappa shape index (κ3) is 3.32. The zero-order chi connectivity index (χ0) is 18.7. The number of anilines is 2. The summed E-state index contributed by atoms with van der Waals surface area (Å²) in [4.78, 5) is 8.66. The Bertz CT molecular complexity index is 902. The van der Waals surface area contributed by atoms with Gasteiger partial charge in [0.15, 0.2) is 11.5 Å². The first-order chi connectivity index (χ1) is 12.5. The summed E-state index contributed by atoms with van der Waals surface area (Å²) in [7, 11) is 4.69. The Morgan fingerprint density at radius 3 is 1.73 bits per heavy atom. The van der Waals surface area contributed by atoms with Gasteiger partial charge in [0.25, 0.3) is 0 Å².